The van der Waals surface area contributed by atoms with Crippen LogP contribution < -0.4 is 0 Å². The lowest BCUT2D eigenvalue weighted by Crippen LogP contribution is -2.63. The van der Waals surface area contributed by atoms with Crippen molar-refractivity contribution in [2.24, 2.45) is 28.6 Å². The summed E-state index contributed by atoms with van der Waals surface area (Å²) in [5.74, 6) is -0.219. The van der Waals surface area contributed by atoms with Gasteiger partial charge in [0, 0.05) is 22.9 Å². The van der Waals surface area contributed by atoms with Crippen molar-refractivity contribution in [3.05, 3.63) is 53.9 Å². The molecular formula is C27H31NO6. The van der Waals surface area contributed by atoms with Crippen LogP contribution in [-0.2, 0) is 19.1 Å². The van der Waals surface area contributed by atoms with Crippen LogP contribution in [0, 0.1) is 28.6 Å². The van der Waals surface area contributed by atoms with E-state index in [1.165, 1.54) is 0 Å². The van der Waals surface area contributed by atoms with E-state index in [1.807, 2.05) is 25.1 Å². The molecule has 4 fully saturated rings. The van der Waals surface area contributed by atoms with Gasteiger partial charge in [-0.05, 0) is 61.8 Å². The number of carbonyl (C=O) groups excluding carboxylic acids is 2. The van der Waals surface area contributed by atoms with Crippen molar-refractivity contribution in [2.75, 3.05) is 6.61 Å². The van der Waals surface area contributed by atoms with Crippen LogP contribution in [0.5, 0.6) is 0 Å². The van der Waals surface area contributed by atoms with Gasteiger partial charge in [0.25, 0.3) is 0 Å². The molecule has 5 aliphatic rings. The highest BCUT2D eigenvalue weighted by Gasteiger charge is 2.76. The van der Waals surface area contributed by atoms with Crippen molar-refractivity contribution in [1.29, 1.82) is 0 Å². The largest absolute Gasteiger partial charge is 0.393 e. The number of Topliss-reactive ketones (excluding diaryl/α,β-unsaturated/α-hetero) is 1. The Balaban J connectivity index is 1.41. The second-order valence-corrected chi connectivity index (χ2v) is 11.1. The van der Waals surface area contributed by atoms with E-state index in [4.69, 9.17) is 9.47 Å². The van der Waals surface area contributed by atoms with E-state index in [-0.39, 0.29) is 29.0 Å². The van der Waals surface area contributed by atoms with E-state index in [2.05, 4.69) is 11.9 Å². The zero-order valence-corrected chi connectivity index (χ0v) is 19.5. The summed E-state index contributed by atoms with van der Waals surface area (Å²) in [5.41, 5.74) is -0.746. The number of hydrogen-bond donors (Lipinski definition) is 2. The van der Waals surface area contributed by atoms with E-state index in [9.17, 15) is 19.8 Å². The fourth-order valence-electron chi connectivity index (χ4n) is 8.33. The summed E-state index contributed by atoms with van der Waals surface area (Å²) in [6.45, 7) is 3.51. The Morgan fingerprint density at radius 1 is 1.29 bits per heavy atom. The van der Waals surface area contributed by atoms with Crippen LogP contribution in [0.1, 0.15) is 51.5 Å². The van der Waals surface area contributed by atoms with Crippen LogP contribution in [-0.4, -0.2) is 51.2 Å². The third-order valence-electron chi connectivity index (χ3n) is 9.72. The summed E-state index contributed by atoms with van der Waals surface area (Å²) < 4.78 is 12.8. The minimum atomic E-state index is -1.34. The van der Waals surface area contributed by atoms with Gasteiger partial charge in [-0.15, -0.1) is 0 Å². The first-order valence-electron chi connectivity index (χ1n) is 12.3. The van der Waals surface area contributed by atoms with Gasteiger partial charge in [0.2, 0.25) is 6.29 Å². The molecule has 3 saturated carbocycles. The van der Waals surface area contributed by atoms with E-state index >= 15 is 0 Å². The second kappa shape index (κ2) is 7.40. The number of carbonyl (C=O) groups is 2. The Bertz CT molecular complexity index is 1100. The molecule has 7 heteroatoms. The first-order valence-corrected chi connectivity index (χ1v) is 12.3. The second-order valence-electron chi connectivity index (χ2n) is 11.1. The molecule has 1 aromatic heterocycles. The third kappa shape index (κ3) is 2.70. The molecule has 6 rings (SSSR count). The van der Waals surface area contributed by atoms with Crippen LogP contribution in [0.3, 0.4) is 0 Å². The van der Waals surface area contributed by atoms with Gasteiger partial charge in [-0.3, -0.25) is 14.6 Å². The van der Waals surface area contributed by atoms with Gasteiger partial charge in [0.15, 0.2) is 17.2 Å². The van der Waals surface area contributed by atoms with Crippen molar-refractivity contribution in [3.63, 3.8) is 0 Å². The molecule has 9 atom stereocenters. The Hall–Kier alpha value is -2.19. The summed E-state index contributed by atoms with van der Waals surface area (Å²) >= 11 is 0. The van der Waals surface area contributed by atoms with Crippen molar-refractivity contribution >= 4 is 11.6 Å². The van der Waals surface area contributed by atoms with Gasteiger partial charge in [-0.1, -0.05) is 31.6 Å². The molecule has 0 spiro atoms. The molecule has 1 aromatic rings. The number of aromatic nitrogens is 1. The van der Waals surface area contributed by atoms with Crippen molar-refractivity contribution in [2.45, 2.75) is 63.6 Å². The molecule has 0 bridgehead atoms. The number of rotatable bonds is 3. The summed E-state index contributed by atoms with van der Waals surface area (Å²) in [6.07, 6.45) is 7.61. The predicted octanol–water partition coefficient (Wildman–Crippen LogP) is 2.68. The molecule has 2 heterocycles. The van der Waals surface area contributed by atoms with E-state index in [0.717, 1.165) is 18.4 Å². The average molecular weight is 466 g/mol. The predicted molar refractivity (Wildman–Crippen MR) is 121 cm³/mol. The van der Waals surface area contributed by atoms with Crippen molar-refractivity contribution in [1.82, 2.24) is 4.98 Å². The highest BCUT2D eigenvalue weighted by atomic mass is 16.7. The maximum atomic E-state index is 13.4. The van der Waals surface area contributed by atoms with Crippen LogP contribution in [0.4, 0.5) is 0 Å². The number of ketones is 2. The van der Waals surface area contributed by atoms with E-state index in [0.29, 0.717) is 18.5 Å². The molecule has 0 amide bonds. The molecule has 180 valence electrons. The third-order valence-corrected chi connectivity index (χ3v) is 9.72. The fraction of sp³-hybridized carbons (Fsp3) is 0.593. The highest BCUT2D eigenvalue weighted by Crippen LogP contribution is 2.70. The van der Waals surface area contributed by atoms with Crippen LogP contribution in [0.25, 0.3) is 0 Å². The minimum Gasteiger partial charge on any atom is -0.393 e. The standard InChI is InChI=1S/C27H31NO6/c1-25-9-8-16(30)11-15(25)6-7-17-18-12-22-27(21(32)14-29,26(18,2)13-20(31)23(17)25)34-24(33-22)19-5-3-4-10-28-19/h3-5,8-11,17-18,20,22-24,29,31H,6-7,12-14H2,1-2H3/t17-,18-,20-,22+,23+,24?,25-,26-,27+/m0/s1. The number of hydrogen-bond acceptors (Lipinski definition) is 7. The number of pyridine rings is 1. The monoisotopic (exact) mass is 465 g/mol. The molecule has 7 nitrogen and oxygen atoms in total. The van der Waals surface area contributed by atoms with Crippen LogP contribution in [0.2, 0.25) is 0 Å². The summed E-state index contributed by atoms with van der Waals surface area (Å²) in [7, 11) is 0. The first kappa shape index (κ1) is 22.3. The molecule has 4 aliphatic carbocycles. The fourth-order valence-corrected chi connectivity index (χ4v) is 8.33. The smallest absolute Gasteiger partial charge is 0.202 e. The Labute approximate surface area is 198 Å². The number of allylic oxidation sites excluding steroid dienone is 4. The van der Waals surface area contributed by atoms with Gasteiger partial charge < -0.3 is 19.7 Å². The van der Waals surface area contributed by atoms with Crippen LogP contribution >= 0.6 is 0 Å². The molecule has 0 aromatic carbocycles. The molecule has 1 unspecified atom stereocenters. The molecule has 1 saturated heterocycles. The average Bonchev–Trinajstić information content (AvgIpc) is 3.32. The SMILES string of the molecule is C[C@]12C=CC(=O)C=C1CC[C@@H]1[C@@H]2[C@@H](O)C[C@@]2(C)[C@H]1C[C@H]1OC(c3ccccn3)O[C@]12C(=O)CO. The Kier molecular flexibility index (Phi) is 4.85. The van der Waals surface area contributed by atoms with E-state index < -0.39 is 41.9 Å². The first-order chi connectivity index (χ1) is 16.2. The summed E-state index contributed by atoms with van der Waals surface area (Å²) in [5, 5.41) is 21.6. The quantitative estimate of drug-likeness (QED) is 0.707. The number of fused-ring (bicyclic) bond motifs is 7. The molecule has 1 aliphatic heterocycles. The van der Waals surface area contributed by atoms with Crippen LogP contribution in [0.15, 0.2) is 48.2 Å². The minimum absolute atomic E-state index is 0.00585. The number of aliphatic hydroxyl groups is 2. The molecular weight excluding hydrogens is 434 g/mol. The number of ether oxygens (including phenoxy) is 2. The van der Waals surface area contributed by atoms with Gasteiger partial charge in [-0.25, -0.2) is 0 Å². The summed E-state index contributed by atoms with van der Waals surface area (Å²) in [4.78, 5) is 29.8. The van der Waals surface area contributed by atoms with Gasteiger partial charge in [0.1, 0.15) is 6.61 Å². The van der Waals surface area contributed by atoms with Crippen molar-refractivity contribution in [3.8, 4) is 0 Å². The number of aliphatic hydroxyl groups excluding tert-OH is 2. The lowest BCUT2D eigenvalue weighted by molar-refractivity contribution is -0.201. The Morgan fingerprint density at radius 2 is 2.12 bits per heavy atom. The zero-order chi connectivity index (χ0) is 23.9. The Morgan fingerprint density at radius 3 is 2.85 bits per heavy atom. The maximum absolute atomic E-state index is 13.4. The normalized spacial score (nSPS) is 46.8. The molecule has 0 radical (unpaired) electrons. The maximum Gasteiger partial charge on any atom is 0.202 e. The van der Waals surface area contributed by atoms with Gasteiger partial charge >= 0.3 is 0 Å². The topological polar surface area (TPSA) is 106 Å². The van der Waals surface area contributed by atoms with Gasteiger partial charge in [0.05, 0.1) is 17.9 Å². The van der Waals surface area contributed by atoms with E-state index in [1.54, 1.807) is 24.4 Å². The number of nitrogens with zero attached hydrogens (tertiary/aromatic N) is 1. The lowest BCUT2D eigenvalue weighted by Gasteiger charge is -2.59. The summed E-state index contributed by atoms with van der Waals surface area (Å²) in [6, 6.07) is 5.46. The van der Waals surface area contributed by atoms with Gasteiger partial charge in [-0.2, -0.15) is 0 Å². The molecule has 2 N–H and O–H groups in total. The lowest BCUT2D eigenvalue weighted by atomic mass is 9.46. The molecule has 34 heavy (non-hydrogen) atoms. The highest BCUT2D eigenvalue weighted by molar-refractivity contribution is 6.01. The zero-order valence-electron chi connectivity index (χ0n) is 19.5. The van der Waals surface area contributed by atoms with Crippen molar-refractivity contribution < 1.29 is 29.3 Å².